The second kappa shape index (κ2) is 6.31. The largest absolute Gasteiger partial charge is 0.339 e. The number of amides is 2. The molecule has 0 N–H and O–H groups in total. The number of carbonyl (C=O) groups is 2. The summed E-state index contributed by atoms with van der Waals surface area (Å²) in [6.45, 7) is 2.20. The lowest BCUT2D eigenvalue weighted by Gasteiger charge is -2.35. The van der Waals surface area contributed by atoms with E-state index >= 15 is 0 Å². The summed E-state index contributed by atoms with van der Waals surface area (Å²) in [6.07, 6.45) is 3.24. The van der Waals surface area contributed by atoms with Gasteiger partial charge in [-0.3, -0.25) is 19.0 Å². The SMILES string of the molecule is O=C(Cn1c(=O)cnc2ccccc21)N1CCN(C(=O)C2CC2)CC1. The standard InChI is InChI=1S/C18H20N4O3/c23-16-11-19-14-3-1-2-4-15(14)22(16)12-17(24)20-7-9-21(10-8-20)18(25)13-5-6-13/h1-4,11,13H,5-10,12H2. The summed E-state index contributed by atoms with van der Waals surface area (Å²) in [4.78, 5) is 44.6. The number of para-hydroxylation sites is 2. The predicted octanol–water partition coefficient (Wildman–Crippen LogP) is 0.477. The number of piperazine rings is 1. The van der Waals surface area contributed by atoms with Gasteiger partial charge in [-0.15, -0.1) is 0 Å². The lowest BCUT2D eigenvalue weighted by Crippen LogP contribution is -2.52. The van der Waals surface area contributed by atoms with Gasteiger partial charge in [0.05, 0.1) is 17.2 Å². The van der Waals surface area contributed by atoms with Crippen LogP contribution in [0, 0.1) is 5.92 Å². The van der Waals surface area contributed by atoms with Gasteiger partial charge < -0.3 is 9.80 Å². The third kappa shape index (κ3) is 3.14. The number of benzene rings is 1. The first-order valence-corrected chi connectivity index (χ1v) is 8.64. The minimum atomic E-state index is -0.283. The summed E-state index contributed by atoms with van der Waals surface area (Å²) in [5.74, 6) is 0.337. The Hall–Kier alpha value is -2.70. The Labute approximate surface area is 144 Å². The first-order valence-electron chi connectivity index (χ1n) is 8.64. The van der Waals surface area contributed by atoms with Gasteiger partial charge >= 0.3 is 0 Å². The Balaban J connectivity index is 1.45. The molecule has 1 aromatic carbocycles. The zero-order chi connectivity index (χ0) is 17.4. The second-order valence-electron chi connectivity index (χ2n) is 6.65. The van der Waals surface area contributed by atoms with Crippen molar-refractivity contribution in [3.8, 4) is 0 Å². The van der Waals surface area contributed by atoms with Gasteiger partial charge in [-0.2, -0.15) is 0 Å². The highest BCUT2D eigenvalue weighted by atomic mass is 16.2. The first kappa shape index (κ1) is 15.8. The van der Waals surface area contributed by atoms with Gasteiger partial charge in [0.1, 0.15) is 6.54 Å². The molecule has 2 aliphatic rings. The summed E-state index contributed by atoms with van der Waals surface area (Å²) in [5.41, 5.74) is 1.07. The lowest BCUT2D eigenvalue weighted by atomic mass is 10.2. The highest BCUT2D eigenvalue weighted by Gasteiger charge is 2.35. The molecule has 130 valence electrons. The summed E-state index contributed by atoms with van der Waals surface area (Å²) in [7, 11) is 0. The van der Waals surface area contributed by atoms with Crippen LogP contribution in [0.3, 0.4) is 0 Å². The Morgan fingerprint density at radius 1 is 1.04 bits per heavy atom. The number of carbonyl (C=O) groups excluding carboxylic acids is 2. The number of hydrogen-bond donors (Lipinski definition) is 0. The topological polar surface area (TPSA) is 75.5 Å². The van der Waals surface area contributed by atoms with E-state index in [0.29, 0.717) is 37.2 Å². The Morgan fingerprint density at radius 3 is 2.44 bits per heavy atom. The fourth-order valence-electron chi connectivity index (χ4n) is 3.28. The Morgan fingerprint density at radius 2 is 1.72 bits per heavy atom. The minimum Gasteiger partial charge on any atom is -0.339 e. The number of rotatable bonds is 3. The molecule has 0 atom stereocenters. The van der Waals surface area contributed by atoms with E-state index in [1.165, 1.54) is 10.8 Å². The summed E-state index contributed by atoms with van der Waals surface area (Å²) in [5, 5.41) is 0. The normalized spacial score (nSPS) is 17.8. The van der Waals surface area contributed by atoms with Crippen molar-refractivity contribution in [1.29, 1.82) is 0 Å². The fourth-order valence-corrected chi connectivity index (χ4v) is 3.28. The van der Waals surface area contributed by atoms with Crippen molar-refractivity contribution < 1.29 is 9.59 Å². The van der Waals surface area contributed by atoms with Crippen LogP contribution >= 0.6 is 0 Å². The second-order valence-corrected chi connectivity index (χ2v) is 6.65. The Bertz CT molecular complexity index is 879. The van der Waals surface area contributed by atoms with Crippen LogP contribution in [0.5, 0.6) is 0 Å². The van der Waals surface area contributed by atoms with Gasteiger partial charge in [-0.1, -0.05) is 12.1 Å². The van der Waals surface area contributed by atoms with Crippen LogP contribution in [0.25, 0.3) is 11.0 Å². The maximum absolute atomic E-state index is 12.6. The van der Waals surface area contributed by atoms with Crippen LogP contribution < -0.4 is 5.56 Å². The van der Waals surface area contributed by atoms with Crippen LogP contribution in [0.1, 0.15) is 12.8 Å². The third-order valence-electron chi connectivity index (χ3n) is 4.92. The molecule has 1 saturated heterocycles. The molecule has 0 spiro atoms. The molecular weight excluding hydrogens is 320 g/mol. The molecule has 2 fully saturated rings. The number of nitrogens with zero attached hydrogens (tertiary/aromatic N) is 4. The average Bonchev–Trinajstić information content (AvgIpc) is 3.49. The summed E-state index contributed by atoms with van der Waals surface area (Å²) >= 11 is 0. The maximum atomic E-state index is 12.6. The number of fused-ring (bicyclic) bond motifs is 1. The summed E-state index contributed by atoms with van der Waals surface area (Å²) < 4.78 is 1.46. The van der Waals surface area contributed by atoms with E-state index in [9.17, 15) is 14.4 Å². The first-order chi connectivity index (χ1) is 12.1. The van der Waals surface area contributed by atoms with E-state index < -0.39 is 0 Å². The zero-order valence-corrected chi connectivity index (χ0v) is 13.9. The number of aromatic nitrogens is 2. The molecule has 0 unspecified atom stereocenters. The average molecular weight is 340 g/mol. The fraction of sp³-hybridized carbons (Fsp3) is 0.444. The van der Waals surface area contributed by atoms with Crippen molar-refractivity contribution in [2.45, 2.75) is 19.4 Å². The number of hydrogen-bond acceptors (Lipinski definition) is 4. The molecule has 1 aromatic heterocycles. The van der Waals surface area contributed by atoms with E-state index in [0.717, 1.165) is 12.8 Å². The zero-order valence-electron chi connectivity index (χ0n) is 13.9. The molecule has 2 aromatic rings. The monoisotopic (exact) mass is 340 g/mol. The van der Waals surface area contributed by atoms with E-state index in [1.54, 1.807) is 11.0 Å². The molecule has 1 aliphatic heterocycles. The van der Waals surface area contributed by atoms with Gasteiger partial charge in [-0.05, 0) is 25.0 Å². The highest BCUT2D eigenvalue weighted by Crippen LogP contribution is 2.31. The van der Waals surface area contributed by atoms with Crippen LogP contribution in [0.2, 0.25) is 0 Å². The minimum absolute atomic E-state index is 0.00155. The van der Waals surface area contributed by atoms with Gasteiger partial charge in [0.15, 0.2) is 0 Å². The molecule has 0 bridgehead atoms. The van der Waals surface area contributed by atoms with Crippen molar-refractivity contribution in [3.63, 3.8) is 0 Å². The van der Waals surface area contributed by atoms with Gasteiger partial charge in [-0.25, -0.2) is 4.98 Å². The van der Waals surface area contributed by atoms with Crippen molar-refractivity contribution in [1.82, 2.24) is 19.4 Å². The molecule has 4 rings (SSSR count). The van der Waals surface area contributed by atoms with Crippen molar-refractivity contribution >= 4 is 22.8 Å². The molecule has 1 aliphatic carbocycles. The van der Waals surface area contributed by atoms with Crippen LogP contribution in [0.15, 0.2) is 35.3 Å². The molecule has 1 saturated carbocycles. The van der Waals surface area contributed by atoms with E-state index in [4.69, 9.17) is 0 Å². The lowest BCUT2D eigenvalue weighted by molar-refractivity contribution is -0.140. The van der Waals surface area contributed by atoms with E-state index in [1.807, 2.05) is 23.1 Å². The molecule has 0 radical (unpaired) electrons. The molecule has 7 heteroatoms. The van der Waals surface area contributed by atoms with Gasteiger partial charge in [0.25, 0.3) is 5.56 Å². The molecule has 7 nitrogen and oxygen atoms in total. The van der Waals surface area contributed by atoms with Crippen LogP contribution in [-0.4, -0.2) is 57.3 Å². The molecule has 2 amide bonds. The summed E-state index contributed by atoms with van der Waals surface area (Å²) in [6, 6.07) is 7.29. The van der Waals surface area contributed by atoms with E-state index in [2.05, 4.69) is 4.98 Å². The van der Waals surface area contributed by atoms with Crippen LogP contribution in [0.4, 0.5) is 0 Å². The Kier molecular flexibility index (Phi) is 3.99. The molecule has 25 heavy (non-hydrogen) atoms. The predicted molar refractivity (Wildman–Crippen MR) is 91.9 cm³/mol. The van der Waals surface area contributed by atoms with Crippen molar-refractivity contribution in [2.24, 2.45) is 5.92 Å². The van der Waals surface area contributed by atoms with E-state index in [-0.39, 0.29) is 29.8 Å². The molecule has 2 heterocycles. The highest BCUT2D eigenvalue weighted by molar-refractivity contribution is 5.82. The third-order valence-corrected chi connectivity index (χ3v) is 4.92. The van der Waals surface area contributed by atoms with Crippen LogP contribution in [-0.2, 0) is 16.1 Å². The van der Waals surface area contributed by atoms with Gasteiger partial charge in [0, 0.05) is 32.1 Å². The molecular formula is C18H20N4O3. The van der Waals surface area contributed by atoms with Gasteiger partial charge in [0.2, 0.25) is 11.8 Å². The maximum Gasteiger partial charge on any atom is 0.269 e. The van der Waals surface area contributed by atoms with Crippen molar-refractivity contribution in [3.05, 3.63) is 40.8 Å². The smallest absolute Gasteiger partial charge is 0.269 e. The quantitative estimate of drug-likeness (QED) is 0.814. The van der Waals surface area contributed by atoms with Crippen molar-refractivity contribution in [2.75, 3.05) is 26.2 Å².